The van der Waals surface area contributed by atoms with Crippen LogP contribution in [0.25, 0.3) is 11.4 Å². The summed E-state index contributed by atoms with van der Waals surface area (Å²) in [5, 5.41) is 7.35. The van der Waals surface area contributed by atoms with Crippen LogP contribution in [0.1, 0.15) is 33.5 Å². The highest BCUT2D eigenvalue weighted by Gasteiger charge is 2.30. The van der Waals surface area contributed by atoms with Gasteiger partial charge in [-0.2, -0.15) is 23.1 Å². The highest BCUT2D eigenvalue weighted by molar-refractivity contribution is 5.89. The summed E-state index contributed by atoms with van der Waals surface area (Å²) in [5.74, 6) is 0.525. The molecule has 0 bridgehead atoms. The van der Waals surface area contributed by atoms with Gasteiger partial charge in [-0.15, -0.1) is 0 Å². The van der Waals surface area contributed by atoms with E-state index in [1.54, 1.807) is 19.1 Å². The molecule has 0 saturated heterocycles. The molecule has 0 spiro atoms. The first-order valence-corrected chi connectivity index (χ1v) is 9.47. The second kappa shape index (κ2) is 9.10. The lowest BCUT2D eigenvalue weighted by atomic mass is 10.1. The van der Waals surface area contributed by atoms with E-state index in [2.05, 4.69) is 20.3 Å². The Labute approximate surface area is 184 Å². The van der Waals surface area contributed by atoms with E-state index in [4.69, 9.17) is 18.5 Å². The van der Waals surface area contributed by atoms with Crippen LogP contribution in [0, 0.1) is 6.92 Å². The Balaban J connectivity index is 1.32. The predicted octanol–water partition coefficient (Wildman–Crippen LogP) is 4.38. The maximum absolute atomic E-state index is 12.9. The van der Waals surface area contributed by atoms with Gasteiger partial charge in [-0.1, -0.05) is 22.4 Å². The Hall–Kier alpha value is -4.22. The molecule has 0 fully saturated rings. The van der Waals surface area contributed by atoms with Gasteiger partial charge in [0.25, 0.3) is 5.89 Å². The van der Waals surface area contributed by atoms with Crippen molar-refractivity contribution < 1.29 is 36.5 Å². The summed E-state index contributed by atoms with van der Waals surface area (Å²) in [6, 6.07) is 10.6. The molecule has 0 amide bonds. The van der Waals surface area contributed by atoms with E-state index in [0.29, 0.717) is 17.5 Å². The second-order valence-electron chi connectivity index (χ2n) is 6.71. The molecule has 2 aromatic heterocycles. The number of nitrogens with zero attached hydrogens (tertiary/aromatic N) is 4. The third kappa shape index (κ3) is 5.53. The molecule has 0 aliphatic rings. The number of rotatable bonds is 7. The smallest absolute Gasteiger partial charge is 0.416 e. The van der Waals surface area contributed by atoms with Crippen molar-refractivity contribution in [2.45, 2.75) is 26.3 Å². The van der Waals surface area contributed by atoms with Crippen molar-refractivity contribution in [1.29, 1.82) is 0 Å². The monoisotopic (exact) mass is 460 g/mol. The van der Waals surface area contributed by atoms with E-state index < -0.39 is 17.7 Å². The Bertz CT molecular complexity index is 1250. The largest absolute Gasteiger partial charge is 0.485 e. The van der Waals surface area contributed by atoms with Crippen LogP contribution in [-0.2, 0) is 24.1 Å². The molecule has 0 N–H and O–H groups in total. The minimum Gasteiger partial charge on any atom is -0.485 e. The number of ether oxygens (including phenoxy) is 2. The van der Waals surface area contributed by atoms with Crippen LogP contribution in [-0.4, -0.2) is 26.3 Å². The maximum atomic E-state index is 12.9. The minimum absolute atomic E-state index is 0.0505. The molecule has 12 heteroatoms. The van der Waals surface area contributed by atoms with E-state index in [0.717, 1.165) is 12.1 Å². The number of aromatic nitrogens is 4. The average molecular weight is 460 g/mol. The van der Waals surface area contributed by atoms with E-state index in [-0.39, 0.29) is 36.1 Å². The summed E-state index contributed by atoms with van der Waals surface area (Å²) in [5.41, 5.74) is -0.467. The number of alkyl halides is 3. The molecule has 4 rings (SSSR count). The summed E-state index contributed by atoms with van der Waals surface area (Å²) >= 11 is 0. The average Bonchev–Trinajstić information content (AvgIpc) is 3.45. The van der Waals surface area contributed by atoms with Gasteiger partial charge in [-0.3, -0.25) is 0 Å². The van der Waals surface area contributed by atoms with Crippen LogP contribution < -0.4 is 4.74 Å². The lowest BCUT2D eigenvalue weighted by Gasteiger charge is -2.06. The predicted molar refractivity (Wildman–Crippen MR) is 104 cm³/mol. The van der Waals surface area contributed by atoms with Gasteiger partial charge >= 0.3 is 12.1 Å². The minimum atomic E-state index is -4.50. The summed E-state index contributed by atoms with van der Waals surface area (Å²) in [6.45, 7) is 1.42. The second-order valence-corrected chi connectivity index (χ2v) is 6.71. The van der Waals surface area contributed by atoms with Gasteiger partial charge in [-0.25, -0.2) is 4.79 Å². The first-order chi connectivity index (χ1) is 15.8. The fourth-order valence-corrected chi connectivity index (χ4v) is 2.71. The van der Waals surface area contributed by atoms with Gasteiger partial charge in [-0.05, 0) is 36.4 Å². The van der Waals surface area contributed by atoms with E-state index in [1.165, 1.54) is 24.3 Å². The molecule has 0 aliphatic carbocycles. The Morgan fingerprint density at radius 3 is 2.48 bits per heavy atom. The molecule has 2 heterocycles. The first kappa shape index (κ1) is 22.0. The third-order valence-electron chi connectivity index (χ3n) is 4.27. The van der Waals surface area contributed by atoms with Crippen molar-refractivity contribution in [3.8, 4) is 17.1 Å². The number of hydrogen-bond donors (Lipinski definition) is 0. The molecule has 0 atom stereocenters. The molecule has 2 aromatic carbocycles. The van der Waals surface area contributed by atoms with Crippen molar-refractivity contribution in [3.05, 3.63) is 77.3 Å². The van der Waals surface area contributed by atoms with Crippen molar-refractivity contribution in [2.75, 3.05) is 0 Å². The number of carbonyl (C=O) groups is 1. The molecule has 9 nitrogen and oxygen atoms in total. The van der Waals surface area contributed by atoms with Crippen LogP contribution in [0.15, 0.2) is 57.6 Å². The summed E-state index contributed by atoms with van der Waals surface area (Å²) in [6.07, 6.45) is -4.50. The van der Waals surface area contributed by atoms with Crippen molar-refractivity contribution in [1.82, 2.24) is 20.3 Å². The number of esters is 1. The molecular weight excluding hydrogens is 445 g/mol. The van der Waals surface area contributed by atoms with Crippen LogP contribution in [0.2, 0.25) is 0 Å². The standard InChI is InChI=1S/C21H15F3N4O5/c1-12-25-17(27-32-12)10-30-16-7-5-13(6-8-16)20(29)31-11-18-26-19(28-33-18)14-3-2-4-15(9-14)21(22,23)24/h2-9H,10-11H2,1H3. The maximum Gasteiger partial charge on any atom is 0.416 e. The van der Waals surface area contributed by atoms with E-state index in [9.17, 15) is 18.0 Å². The highest BCUT2D eigenvalue weighted by Crippen LogP contribution is 2.31. The van der Waals surface area contributed by atoms with E-state index in [1.807, 2.05) is 0 Å². The first-order valence-electron chi connectivity index (χ1n) is 9.47. The van der Waals surface area contributed by atoms with Gasteiger partial charge in [0.15, 0.2) is 13.2 Å². The van der Waals surface area contributed by atoms with Crippen molar-refractivity contribution >= 4 is 5.97 Å². The SMILES string of the molecule is Cc1nc(COc2ccc(C(=O)OCc3nc(-c4cccc(C(F)(F)F)c4)no3)cc2)no1. The molecule has 33 heavy (non-hydrogen) atoms. The molecule has 0 aliphatic heterocycles. The molecule has 0 radical (unpaired) electrons. The van der Waals surface area contributed by atoms with Gasteiger partial charge in [0.2, 0.25) is 17.5 Å². The fraction of sp³-hybridized carbons (Fsp3) is 0.190. The third-order valence-corrected chi connectivity index (χ3v) is 4.27. The Morgan fingerprint density at radius 2 is 1.79 bits per heavy atom. The number of halogens is 3. The van der Waals surface area contributed by atoms with E-state index >= 15 is 0 Å². The number of aryl methyl sites for hydroxylation is 1. The zero-order chi connectivity index (χ0) is 23.4. The van der Waals surface area contributed by atoms with Crippen LogP contribution in [0.5, 0.6) is 5.75 Å². The topological polar surface area (TPSA) is 113 Å². The van der Waals surface area contributed by atoms with Crippen molar-refractivity contribution in [2.24, 2.45) is 0 Å². The van der Waals surface area contributed by atoms with Gasteiger partial charge in [0, 0.05) is 12.5 Å². The molecule has 0 saturated carbocycles. The lowest BCUT2D eigenvalue weighted by Crippen LogP contribution is -2.06. The molecule has 170 valence electrons. The Morgan fingerprint density at radius 1 is 1.00 bits per heavy atom. The zero-order valence-electron chi connectivity index (χ0n) is 17.0. The normalized spacial score (nSPS) is 11.4. The number of benzene rings is 2. The van der Waals surface area contributed by atoms with Crippen LogP contribution >= 0.6 is 0 Å². The van der Waals surface area contributed by atoms with Gasteiger partial charge in [0.1, 0.15) is 5.75 Å². The lowest BCUT2D eigenvalue weighted by molar-refractivity contribution is -0.137. The van der Waals surface area contributed by atoms with Gasteiger partial charge < -0.3 is 18.5 Å². The zero-order valence-corrected chi connectivity index (χ0v) is 17.0. The molecular formula is C21H15F3N4O5. The van der Waals surface area contributed by atoms with Crippen LogP contribution in [0.3, 0.4) is 0 Å². The number of hydrogen-bond acceptors (Lipinski definition) is 9. The molecule has 0 unspecified atom stereocenters. The Kier molecular flexibility index (Phi) is 6.07. The summed E-state index contributed by atoms with van der Waals surface area (Å²) in [7, 11) is 0. The van der Waals surface area contributed by atoms with Crippen molar-refractivity contribution in [3.63, 3.8) is 0 Å². The highest BCUT2D eigenvalue weighted by atomic mass is 19.4. The van der Waals surface area contributed by atoms with Crippen LogP contribution in [0.4, 0.5) is 13.2 Å². The summed E-state index contributed by atoms with van der Waals surface area (Å²) in [4.78, 5) is 20.2. The molecule has 4 aromatic rings. The summed E-state index contributed by atoms with van der Waals surface area (Å²) < 4.78 is 59.0. The number of carbonyl (C=O) groups excluding carboxylic acids is 1. The fourth-order valence-electron chi connectivity index (χ4n) is 2.71. The quantitative estimate of drug-likeness (QED) is 0.371. The van der Waals surface area contributed by atoms with Gasteiger partial charge in [0.05, 0.1) is 11.1 Å².